The smallest absolute Gasteiger partial charge is 0.231 e. The molecule has 3 heterocycles. The molecule has 7 nitrogen and oxygen atoms in total. The molecule has 0 spiro atoms. The first kappa shape index (κ1) is 20.5. The molecule has 1 saturated heterocycles. The van der Waals surface area contributed by atoms with Crippen LogP contribution in [0.5, 0.6) is 0 Å². The zero-order valence-corrected chi connectivity index (χ0v) is 17.9. The van der Waals surface area contributed by atoms with E-state index in [9.17, 15) is 4.79 Å². The highest BCUT2D eigenvalue weighted by Gasteiger charge is 2.28. The monoisotopic (exact) mass is 426 g/mol. The molecule has 158 valence electrons. The summed E-state index contributed by atoms with van der Waals surface area (Å²) in [6, 6.07) is 14.0. The Morgan fingerprint density at radius 3 is 2.90 bits per heavy atom. The van der Waals surface area contributed by atoms with Crippen LogP contribution in [-0.4, -0.2) is 53.7 Å². The number of hydrogen-bond donors (Lipinski definition) is 1. The topological polar surface area (TPSA) is 65.8 Å². The molecule has 3 aromatic rings. The van der Waals surface area contributed by atoms with Crippen molar-refractivity contribution in [1.82, 2.24) is 19.9 Å². The number of carbonyl (C=O) groups excluding carboxylic acids is 1. The fourth-order valence-electron chi connectivity index (χ4n) is 3.94. The average Bonchev–Trinajstić information content (AvgIpc) is 3.23. The van der Waals surface area contributed by atoms with Crippen LogP contribution in [0.15, 0.2) is 48.7 Å². The first-order valence-corrected chi connectivity index (χ1v) is 10.8. The number of halogens is 1. The molecule has 0 saturated carbocycles. The van der Waals surface area contributed by atoms with Gasteiger partial charge in [-0.3, -0.25) is 9.20 Å². The Hall–Kier alpha value is -2.80. The van der Waals surface area contributed by atoms with Gasteiger partial charge in [0.2, 0.25) is 11.9 Å². The van der Waals surface area contributed by atoms with Crippen molar-refractivity contribution in [1.29, 1.82) is 0 Å². The second-order valence-corrected chi connectivity index (χ2v) is 8.14. The maximum atomic E-state index is 12.7. The van der Waals surface area contributed by atoms with Crippen LogP contribution in [0.1, 0.15) is 19.3 Å². The molecule has 1 N–H and O–H groups in total. The zero-order valence-electron chi connectivity index (χ0n) is 17.2. The minimum absolute atomic E-state index is 0.0443. The van der Waals surface area contributed by atoms with E-state index in [0.717, 1.165) is 38.3 Å². The molecule has 1 unspecified atom stereocenters. The molecule has 0 bridgehead atoms. The van der Waals surface area contributed by atoms with Crippen molar-refractivity contribution in [3.8, 4) is 0 Å². The minimum Gasteiger partial charge on any atom is -0.375 e. The highest BCUT2D eigenvalue weighted by atomic mass is 35.5. The van der Waals surface area contributed by atoms with Crippen LogP contribution in [-0.2, 0) is 4.79 Å². The van der Waals surface area contributed by atoms with Crippen LogP contribution in [0.3, 0.4) is 0 Å². The number of carbonyl (C=O) groups is 1. The summed E-state index contributed by atoms with van der Waals surface area (Å²) in [7, 11) is 2.07. The maximum absolute atomic E-state index is 12.7. The third kappa shape index (κ3) is 4.51. The molecular weight excluding hydrogens is 400 g/mol. The van der Waals surface area contributed by atoms with Crippen molar-refractivity contribution in [2.24, 2.45) is 5.92 Å². The number of nitrogens with one attached hydrogen (secondary N) is 1. The van der Waals surface area contributed by atoms with E-state index in [2.05, 4.69) is 44.5 Å². The lowest BCUT2D eigenvalue weighted by atomic mass is 9.97. The summed E-state index contributed by atoms with van der Waals surface area (Å²) >= 11 is 6.21. The normalized spacial score (nSPS) is 16.6. The molecule has 1 aliphatic heterocycles. The summed E-state index contributed by atoms with van der Waals surface area (Å²) < 4.78 is 1.89. The molecule has 1 aromatic carbocycles. The van der Waals surface area contributed by atoms with Gasteiger partial charge in [0.1, 0.15) is 0 Å². The average molecular weight is 427 g/mol. The highest BCUT2D eigenvalue weighted by molar-refractivity contribution is 6.33. The third-order valence-corrected chi connectivity index (χ3v) is 5.91. The number of rotatable bonds is 7. The number of para-hydroxylation sites is 1. The van der Waals surface area contributed by atoms with E-state index in [4.69, 9.17) is 11.6 Å². The molecule has 30 heavy (non-hydrogen) atoms. The number of fused-ring (bicyclic) bond motifs is 1. The van der Waals surface area contributed by atoms with Gasteiger partial charge in [0.15, 0.2) is 5.65 Å². The molecule has 4 rings (SSSR count). The van der Waals surface area contributed by atoms with Gasteiger partial charge in [0.25, 0.3) is 0 Å². The van der Waals surface area contributed by atoms with E-state index < -0.39 is 0 Å². The number of amides is 1. The summed E-state index contributed by atoms with van der Waals surface area (Å²) in [4.78, 5) is 17.1. The number of hydrogen-bond acceptors (Lipinski definition) is 5. The number of pyridine rings is 1. The molecule has 1 amide bonds. The van der Waals surface area contributed by atoms with Crippen molar-refractivity contribution in [3.63, 3.8) is 0 Å². The molecule has 1 aliphatic rings. The molecule has 0 radical (unpaired) electrons. The Balaban J connectivity index is 1.29. The molecule has 1 atom stereocenters. The lowest BCUT2D eigenvalue weighted by Gasteiger charge is -2.32. The highest BCUT2D eigenvalue weighted by Crippen LogP contribution is 2.25. The van der Waals surface area contributed by atoms with Gasteiger partial charge in [-0.1, -0.05) is 29.8 Å². The van der Waals surface area contributed by atoms with Gasteiger partial charge in [-0.15, -0.1) is 10.2 Å². The maximum Gasteiger partial charge on any atom is 0.231 e. The molecule has 0 aliphatic carbocycles. The van der Waals surface area contributed by atoms with E-state index in [1.54, 1.807) is 6.07 Å². The number of aromatic nitrogens is 3. The molecule has 2 aromatic heterocycles. The summed E-state index contributed by atoms with van der Waals surface area (Å²) in [5.74, 6) is 0.820. The zero-order chi connectivity index (χ0) is 20.9. The van der Waals surface area contributed by atoms with Crippen LogP contribution < -0.4 is 15.1 Å². The molecule has 1 fully saturated rings. The summed E-state index contributed by atoms with van der Waals surface area (Å²) in [6.07, 6.45) is 4.65. The Bertz CT molecular complexity index is 992. The number of piperidine rings is 1. The van der Waals surface area contributed by atoms with Crippen molar-refractivity contribution in [3.05, 3.63) is 53.7 Å². The van der Waals surface area contributed by atoms with Crippen molar-refractivity contribution in [2.45, 2.75) is 19.3 Å². The van der Waals surface area contributed by atoms with E-state index in [-0.39, 0.29) is 11.8 Å². The van der Waals surface area contributed by atoms with Crippen LogP contribution >= 0.6 is 11.6 Å². The fraction of sp³-hybridized carbons (Fsp3) is 0.409. The lowest BCUT2D eigenvalue weighted by molar-refractivity contribution is -0.125. The summed E-state index contributed by atoms with van der Waals surface area (Å²) in [6.45, 7) is 3.07. The Labute approximate surface area is 181 Å². The standard InChI is InChI=1S/C22H27ClN6O/c1-27(18-9-3-2-4-10-18)13-7-12-24-21(30)17-8-5-14-28(16-17)22-26-25-20-19(23)11-6-15-29(20)22/h2-4,6,9-11,15,17H,5,7-8,12-14,16H2,1H3,(H,24,30). The van der Waals surface area contributed by atoms with Crippen LogP contribution in [0, 0.1) is 5.92 Å². The Morgan fingerprint density at radius 1 is 1.23 bits per heavy atom. The van der Waals surface area contributed by atoms with Crippen molar-refractivity contribution < 1.29 is 4.79 Å². The van der Waals surface area contributed by atoms with Gasteiger partial charge in [-0.2, -0.15) is 0 Å². The minimum atomic E-state index is -0.0443. The van der Waals surface area contributed by atoms with E-state index in [0.29, 0.717) is 23.8 Å². The van der Waals surface area contributed by atoms with Gasteiger partial charge >= 0.3 is 0 Å². The van der Waals surface area contributed by atoms with Crippen molar-refractivity contribution >= 4 is 34.8 Å². The Morgan fingerprint density at radius 2 is 2.07 bits per heavy atom. The van der Waals surface area contributed by atoms with Crippen molar-refractivity contribution in [2.75, 3.05) is 43.0 Å². The second-order valence-electron chi connectivity index (χ2n) is 7.74. The third-order valence-electron chi connectivity index (χ3n) is 5.61. The van der Waals surface area contributed by atoms with Gasteiger partial charge < -0.3 is 15.1 Å². The second kappa shape index (κ2) is 9.34. The van der Waals surface area contributed by atoms with Gasteiger partial charge in [0, 0.05) is 45.1 Å². The fourth-order valence-corrected chi connectivity index (χ4v) is 4.15. The molecular formula is C22H27ClN6O. The lowest BCUT2D eigenvalue weighted by Crippen LogP contribution is -2.44. The van der Waals surface area contributed by atoms with Crippen LogP contribution in [0.2, 0.25) is 5.02 Å². The van der Waals surface area contributed by atoms with Gasteiger partial charge in [-0.25, -0.2) is 0 Å². The summed E-state index contributed by atoms with van der Waals surface area (Å²) in [5, 5.41) is 12.2. The largest absolute Gasteiger partial charge is 0.375 e. The van der Waals surface area contributed by atoms with Crippen LogP contribution in [0.4, 0.5) is 11.6 Å². The number of nitrogens with zero attached hydrogens (tertiary/aromatic N) is 5. The summed E-state index contributed by atoms with van der Waals surface area (Å²) in [5.41, 5.74) is 1.83. The quantitative estimate of drug-likeness (QED) is 0.587. The predicted molar refractivity (Wildman–Crippen MR) is 120 cm³/mol. The first-order valence-electron chi connectivity index (χ1n) is 10.4. The van der Waals surface area contributed by atoms with E-state index >= 15 is 0 Å². The predicted octanol–water partition coefficient (Wildman–Crippen LogP) is 3.24. The van der Waals surface area contributed by atoms with E-state index in [1.807, 2.05) is 34.9 Å². The first-order chi connectivity index (χ1) is 14.6. The van der Waals surface area contributed by atoms with Gasteiger partial charge in [0.05, 0.1) is 10.9 Å². The Kier molecular flexibility index (Phi) is 6.38. The van der Waals surface area contributed by atoms with Crippen LogP contribution in [0.25, 0.3) is 5.65 Å². The molecule has 8 heteroatoms. The SMILES string of the molecule is CN(CCCNC(=O)C1CCCN(c2nnc3c(Cl)cccn23)C1)c1ccccc1. The van der Waals surface area contributed by atoms with Gasteiger partial charge in [-0.05, 0) is 43.5 Å². The number of benzene rings is 1. The number of anilines is 2. The van der Waals surface area contributed by atoms with E-state index in [1.165, 1.54) is 5.69 Å².